The van der Waals surface area contributed by atoms with E-state index in [0.29, 0.717) is 11.5 Å². The first-order chi connectivity index (χ1) is 10.5. The Hall–Kier alpha value is -2.29. The van der Waals surface area contributed by atoms with Gasteiger partial charge in [0.1, 0.15) is 11.5 Å². The lowest BCUT2D eigenvalue weighted by Gasteiger charge is -2.37. The van der Waals surface area contributed by atoms with Crippen LogP contribution in [-0.2, 0) is 4.79 Å². The van der Waals surface area contributed by atoms with E-state index in [0.717, 1.165) is 17.6 Å². The van der Waals surface area contributed by atoms with E-state index >= 15 is 0 Å². The average Bonchev–Trinajstić information content (AvgIpc) is 3.12. The number of rotatable bonds is 2. The summed E-state index contributed by atoms with van der Waals surface area (Å²) in [5.74, 6) is 1.70. The third-order valence-corrected chi connectivity index (χ3v) is 4.25. The minimum Gasteiger partial charge on any atom is -0.465 e. The Balaban J connectivity index is 2.03. The molecule has 1 saturated carbocycles. The second-order valence-electron chi connectivity index (χ2n) is 6.51. The molecule has 0 amide bonds. The van der Waals surface area contributed by atoms with E-state index in [9.17, 15) is 4.79 Å². The molecule has 22 heavy (non-hydrogen) atoms. The van der Waals surface area contributed by atoms with Crippen LogP contribution in [-0.4, -0.2) is 5.78 Å². The van der Waals surface area contributed by atoms with Crippen LogP contribution in [0.2, 0.25) is 0 Å². The quantitative estimate of drug-likeness (QED) is 0.734. The normalized spacial score (nSPS) is 25.0. The third-order valence-electron chi connectivity index (χ3n) is 4.25. The van der Waals surface area contributed by atoms with Gasteiger partial charge in [-0.05, 0) is 54.2 Å². The molecule has 1 aliphatic carbocycles. The van der Waals surface area contributed by atoms with Gasteiger partial charge < -0.3 is 8.83 Å². The number of hydrogen-bond donors (Lipinski definition) is 0. The summed E-state index contributed by atoms with van der Waals surface area (Å²) in [6.07, 6.45) is 7.88. The zero-order valence-electron chi connectivity index (χ0n) is 13.1. The Morgan fingerprint density at radius 3 is 2.23 bits per heavy atom. The van der Waals surface area contributed by atoms with Crippen LogP contribution in [0.4, 0.5) is 0 Å². The van der Waals surface area contributed by atoms with Crippen LogP contribution in [0.25, 0.3) is 12.2 Å². The fourth-order valence-electron chi connectivity index (χ4n) is 3.18. The van der Waals surface area contributed by atoms with Crippen molar-refractivity contribution in [2.45, 2.75) is 27.2 Å². The lowest BCUT2D eigenvalue weighted by molar-refractivity contribution is -0.114. The molecule has 0 aromatic carbocycles. The second kappa shape index (κ2) is 5.48. The number of hydrogen-bond acceptors (Lipinski definition) is 3. The molecule has 1 atom stereocenters. The highest BCUT2D eigenvalue weighted by molar-refractivity contribution is 6.15. The molecule has 0 radical (unpaired) electrons. The molecule has 0 spiro atoms. The van der Waals surface area contributed by atoms with Crippen LogP contribution < -0.4 is 0 Å². The van der Waals surface area contributed by atoms with Crippen molar-refractivity contribution in [3.05, 3.63) is 59.5 Å². The number of carbonyl (C=O) groups is 1. The van der Waals surface area contributed by atoms with Crippen LogP contribution in [0.15, 0.2) is 56.8 Å². The molecule has 2 aromatic rings. The first-order valence-corrected chi connectivity index (χ1v) is 7.53. The SMILES string of the molecule is CC1CC(C)(C)C(=Cc2ccco2)C(=O)C1=Cc1ccco1. The van der Waals surface area contributed by atoms with Gasteiger partial charge in [0.05, 0.1) is 12.5 Å². The smallest absolute Gasteiger partial charge is 0.186 e. The summed E-state index contributed by atoms with van der Waals surface area (Å²) < 4.78 is 10.7. The van der Waals surface area contributed by atoms with Gasteiger partial charge in [0.2, 0.25) is 0 Å². The summed E-state index contributed by atoms with van der Waals surface area (Å²) in [5.41, 5.74) is 1.41. The minimum absolute atomic E-state index is 0.0801. The highest BCUT2D eigenvalue weighted by Crippen LogP contribution is 2.44. The Bertz CT molecular complexity index is 713. The maximum atomic E-state index is 13.0. The van der Waals surface area contributed by atoms with Crippen molar-refractivity contribution in [3.8, 4) is 0 Å². The topological polar surface area (TPSA) is 43.4 Å². The van der Waals surface area contributed by atoms with Crippen molar-refractivity contribution in [1.29, 1.82) is 0 Å². The fraction of sp³-hybridized carbons (Fsp3) is 0.316. The van der Waals surface area contributed by atoms with Crippen LogP contribution in [0.3, 0.4) is 0 Å². The van der Waals surface area contributed by atoms with Gasteiger partial charge in [-0.1, -0.05) is 20.8 Å². The molecule has 3 nitrogen and oxygen atoms in total. The average molecular weight is 296 g/mol. The molecule has 2 aromatic heterocycles. The summed E-state index contributed by atoms with van der Waals surface area (Å²) >= 11 is 0. The molecule has 0 aliphatic heterocycles. The van der Waals surface area contributed by atoms with Gasteiger partial charge in [-0.15, -0.1) is 0 Å². The van der Waals surface area contributed by atoms with Gasteiger partial charge in [-0.25, -0.2) is 0 Å². The van der Waals surface area contributed by atoms with Crippen molar-refractivity contribution < 1.29 is 13.6 Å². The summed E-state index contributed by atoms with van der Waals surface area (Å²) in [6.45, 7) is 6.32. The molecule has 0 N–H and O–H groups in total. The number of ketones is 1. The molecule has 0 saturated heterocycles. The predicted octanol–water partition coefficient (Wildman–Crippen LogP) is 4.97. The van der Waals surface area contributed by atoms with E-state index in [1.165, 1.54) is 0 Å². The van der Waals surface area contributed by atoms with Gasteiger partial charge in [0.25, 0.3) is 0 Å². The van der Waals surface area contributed by atoms with Crippen molar-refractivity contribution in [3.63, 3.8) is 0 Å². The highest BCUT2D eigenvalue weighted by atomic mass is 16.3. The van der Waals surface area contributed by atoms with Crippen molar-refractivity contribution >= 4 is 17.9 Å². The van der Waals surface area contributed by atoms with E-state index < -0.39 is 0 Å². The Morgan fingerprint density at radius 1 is 1.09 bits per heavy atom. The van der Waals surface area contributed by atoms with E-state index in [-0.39, 0.29) is 17.1 Å². The van der Waals surface area contributed by atoms with Crippen molar-refractivity contribution in [2.24, 2.45) is 11.3 Å². The zero-order valence-corrected chi connectivity index (χ0v) is 13.1. The summed E-state index contributed by atoms with van der Waals surface area (Å²) in [4.78, 5) is 13.0. The molecule has 1 fully saturated rings. The largest absolute Gasteiger partial charge is 0.465 e. The van der Waals surface area contributed by atoms with E-state index in [1.54, 1.807) is 12.5 Å². The first kappa shape index (κ1) is 14.6. The minimum atomic E-state index is -0.177. The Labute approximate surface area is 130 Å². The molecule has 2 heterocycles. The third kappa shape index (κ3) is 2.71. The standard InChI is InChI=1S/C19H20O3/c1-13-12-19(2,3)17(11-15-7-5-9-22-15)18(20)16(13)10-14-6-4-8-21-14/h4-11,13H,12H2,1-3H3. The van der Waals surface area contributed by atoms with Gasteiger partial charge in [0, 0.05) is 11.1 Å². The first-order valence-electron chi connectivity index (χ1n) is 7.53. The van der Waals surface area contributed by atoms with Crippen LogP contribution in [0, 0.1) is 11.3 Å². The lowest BCUT2D eigenvalue weighted by Crippen LogP contribution is -2.33. The fourth-order valence-corrected chi connectivity index (χ4v) is 3.18. The number of Topliss-reactive ketones (excluding diaryl/α,β-unsaturated/α-hetero) is 1. The predicted molar refractivity (Wildman–Crippen MR) is 85.9 cm³/mol. The molecule has 3 rings (SSSR count). The maximum absolute atomic E-state index is 13.0. The number of carbonyl (C=O) groups excluding carboxylic acids is 1. The lowest BCUT2D eigenvalue weighted by atomic mass is 9.66. The monoisotopic (exact) mass is 296 g/mol. The molecular formula is C19H20O3. The van der Waals surface area contributed by atoms with E-state index in [2.05, 4.69) is 20.8 Å². The van der Waals surface area contributed by atoms with E-state index in [1.807, 2.05) is 36.4 Å². The maximum Gasteiger partial charge on any atom is 0.186 e. The van der Waals surface area contributed by atoms with Gasteiger partial charge in [0.15, 0.2) is 5.78 Å². The van der Waals surface area contributed by atoms with Gasteiger partial charge in [-0.3, -0.25) is 4.79 Å². The Morgan fingerprint density at radius 2 is 1.68 bits per heavy atom. The van der Waals surface area contributed by atoms with E-state index in [4.69, 9.17) is 8.83 Å². The van der Waals surface area contributed by atoms with Gasteiger partial charge in [-0.2, -0.15) is 0 Å². The van der Waals surface area contributed by atoms with Gasteiger partial charge >= 0.3 is 0 Å². The van der Waals surface area contributed by atoms with Crippen LogP contribution in [0.5, 0.6) is 0 Å². The molecule has 1 unspecified atom stereocenters. The summed E-state index contributed by atoms with van der Waals surface area (Å²) in [5, 5.41) is 0. The molecule has 3 heteroatoms. The second-order valence-corrected chi connectivity index (χ2v) is 6.51. The molecular weight excluding hydrogens is 276 g/mol. The summed E-state index contributed by atoms with van der Waals surface area (Å²) in [7, 11) is 0. The van der Waals surface area contributed by atoms with Crippen LogP contribution >= 0.6 is 0 Å². The molecule has 0 bridgehead atoms. The number of furan rings is 2. The summed E-state index contributed by atoms with van der Waals surface area (Å²) in [6, 6.07) is 7.38. The van der Waals surface area contributed by atoms with Crippen molar-refractivity contribution in [2.75, 3.05) is 0 Å². The van der Waals surface area contributed by atoms with Crippen LogP contribution in [0.1, 0.15) is 38.7 Å². The highest BCUT2D eigenvalue weighted by Gasteiger charge is 2.39. The number of allylic oxidation sites excluding steroid dienone is 2. The van der Waals surface area contributed by atoms with Crippen molar-refractivity contribution in [1.82, 2.24) is 0 Å². The molecule has 1 aliphatic rings. The Kier molecular flexibility index (Phi) is 3.65. The zero-order chi connectivity index (χ0) is 15.7. The molecule has 114 valence electrons.